The summed E-state index contributed by atoms with van der Waals surface area (Å²) in [4.78, 5) is 15.7. The van der Waals surface area contributed by atoms with Crippen LogP contribution in [0.4, 0.5) is 8.78 Å². The molecule has 1 aromatic rings. The highest BCUT2D eigenvalue weighted by molar-refractivity contribution is 5.92. The number of piperidine rings is 1. The second kappa shape index (κ2) is 5.83. The van der Waals surface area contributed by atoms with Crippen LogP contribution in [0.2, 0.25) is 0 Å². The number of aromatic nitrogens is 1. The molecule has 0 unspecified atom stereocenters. The van der Waals surface area contributed by atoms with E-state index < -0.39 is 11.5 Å². The van der Waals surface area contributed by atoms with Crippen molar-refractivity contribution in [2.24, 2.45) is 0 Å². The van der Waals surface area contributed by atoms with E-state index in [9.17, 15) is 18.7 Å². The van der Waals surface area contributed by atoms with E-state index in [1.54, 1.807) is 13.0 Å². The van der Waals surface area contributed by atoms with E-state index in [1.165, 1.54) is 4.90 Å². The number of rotatable bonds is 3. The molecule has 6 nitrogen and oxygen atoms in total. The average molecular weight is 329 g/mol. The van der Waals surface area contributed by atoms with E-state index in [-0.39, 0.29) is 44.1 Å². The van der Waals surface area contributed by atoms with E-state index in [4.69, 9.17) is 4.52 Å². The standard InChI is InChI=1S/C15H21F2N3O3/c1-11-8-12(18-23-11)13(21)20-7-2-14(22,10-20)9-19-5-3-15(16,17)4-6-19/h8,22H,2-7,9-10H2,1H3/t14-/m1/s1. The zero-order chi connectivity index (χ0) is 16.7. The predicted molar refractivity (Wildman–Crippen MR) is 77.3 cm³/mol. The van der Waals surface area contributed by atoms with Crippen molar-refractivity contribution in [1.82, 2.24) is 15.0 Å². The average Bonchev–Trinajstić information content (AvgIpc) is 3.07. The number of carbonyl (C=O) groups excluding carboxylic acids is 1. The van der Waals surface area contributed by atoms with Gasteiger partial charge in [0.1, 0.15) is 5.76 Å². The van der Waals surface area contributed by atoms with Crippen LogP contribution in [0.5, 0.6) is 0 Å². The Bertz CT molecular complexity index is 582. The lowest BCUT2D eigenvalue weighted by atomic mass is 10.00. The third kappa shape index (κ3) is 3.69. The molecule has 0 saturated carbocycles. The van der Waals surface area contributed by atoms with Gasteiger partial charge in [0.25, 0.3) is 11.8 Å². The molecule has 2 fully saturated rings. The molecule has 0 radical (unpaired) electrons. The van der Waals surface area contributed by atoms with E-state index in [0.29, 0.717) is 25.3 Å². The summed E-state index contributed by atoms with van der Waals surface area (Å²) < 4.78 is 31.3. The number of nitrogens with zero attached hydrogens (tertiary/aromatic N) is 3. The van der Waals surface area contributed by atoms with Crippen LogP contribution >= 0.6 is 0 Å². The first-order valence-corrected chi connectivity index (χ1v) is 7.82. The van der Waals surface area contributed by atoms with Crippen LogP contribution in [0.1, 0.15) is 35.5 Å². The summed E-state index contributed by atoms with van der Waals surface area (Å²) in [5.41, 5.74) is -0.828. The molecule has 128 valence electrons. The van der Waals surface area contributed by atoms with Gasteiger partial charge in [-0.15, -0.1) is 0 Å². The molecule has 23 heavy (non-hydrogen) atoms. The topological polar surface area (TPSA) is 69.8 Å². The number of β-amino-alcohol motifs (C(OH)–C–C–N with tert-alkyl or cyclic N) is 1. The summed E-state index contributed by atoms with van der Waals surface area (Å²) in [5.74, 6) is -2.32. The van der Waals surface area contributed by atoms with Crippen LogP contribution in [0.25, 0.3) is 0 Å². The SMILES string of the molecule is Cc1cc(C(=O)N2CC[C@@](O)(CN3CCC(F)(F)CC3)C2)no1. The van der Waals surface area contributed by atoms with Gasteiger partial charge in [0.15, 0.2) is 5.69 Å². The molecular weight excluding hydrogens is 308 g/mol. The minimum atomic E-state index is -2.60. The fourth-order valence-electron chi connectivity index (χ4n) is 3.24. The smallest absolute Gasteiger partial charge is 0.276 e. The molecule has 2 aliphatic rings. The monoisotopic (exact) mass is 329 g/mol. The van der Waals surface area contributed by atoms with Crippen molar-refractivity contribution in [3.05, 3.63) is 17.5 Å². The highest BCUT2D eigenvalue weighted by Gasteiger charge is 2.42. The first kappa shape index (κ1) is 16.3. The van der Waals surface area contributed by atoms with Gasteiger partial charge in [-0.2, -0.15) is 0 Å². The molecule has 1 atom stereocenters. The largest absolute Gasteiger partial charge is 0.387 e. The van der Waals surface area contributed by atoms with Crippen molar-refractivity contribution in [3.63, 3.8) is 0 Å². The second-order valence-corrected chi connectivity index (χ2v) is 6.66. The summed E-state index contributed by atoms with van der Waals surface area (Å²) in [6.07, 6.45) is 0.0797. The van der Waals surface area contributed by atoms with Crippen LogP contribution in [0.15, 0.2) is 10.6 Å². The van der Waals surface area contributed by atoms with Gasteiger partial charge in [-0.05, 0) is 13.3 Å². The van der Waals surface area contributed by atoms with Gasteiger partial charge in [0, 0.05) is 45.1 Å². The minimum absolute atomic E-state index is 0.177. The maximum absolute atomic E-state index is 13.2. The fourth-order valence-corrected chi connectivity index (χ4v) is 3.24. The quantitative estimate of drug-likeness (QED) is 0.905. The summed E-state index contributed by atoms with van der Waals surface area (Å²) in [6, 6.07) is 1.56. The van der Waals surface area contributed by atoms with Crippen molar-refractivity contribution >= 4 is 5.91 Å². The molecule has 0 aromatic carbocycles. The minimum Gasteiger partial charge on any atom is -0.387 e. The molecule has 0 bridgehead atoms. The van der Waals surface area contributed by atoms with Gasteiger partial charge < -0.3 is 14.5 Å². The van der Waals surface area contributed by atoms with Gasteiger partial charge >= 0.3 is 0 Å². The molecule has 0 aliphatic carbocycles. The van der Waals surface area contributed by atoms with Gasteiger partial charge in [-0.25, -0.2) is 8.78 Å². The van der Waals surface area contributed by atoms with E-state index >= 15 is 0 Å². The summed E-state index contributed by atoms with van der Waals surface area (Å²) in [6.45, 7) is 3.16. The Morgan fingerprint density at radius 3 is 2.65 bits per heavy atom. The first-order valence-electron chi connectivity index (χ1n) is 7.82. The number of carbonyl (C=O) groups is 1. The van der Waals surface area contributed by atoms with Crippen LogP contribution in [0, 0.1) is 6.92 Å². The van der Waals surface area contributed by atoms with Crippen LogP contribution in [0.3, 0.4) is 0 Å². The molecule has 1 aromatic heterocycles. The van der Waals surface area contributed by atoms with Gasteiger partial charge in [0.2, 0.25) is 0 Å². The summed E-state index contributed by atoms with van der Waals surface area (Å²) >= 11 is 0. The second-order valence-electron chi connectivity index (χ2n) is 6.66. The maximum atomic E-state index is 13.2. The Hall–Kier alpha value is -1.54. The normalized spacial score (nSPS) is 28.3. The molecule has 3 rings (SSSR count). The number of aliphatic hydroxyl groups is 1. The van der Waals surface area contributed by atoms with E-state index in [1.807, 2.05) is 4.90 Å². The van der Waals surface area contributed by atoms with Gasteiger partial charge in [-0.3, -0.25) is 9.69 Å². The molecule has 1 amide bonds. The lowest BCUT2D eigenvalue weighted by Gasteiger charge is -2.36. The Labute approximate surface area is 133 Å². The Balaban J connectivity index is 1.57. The Morgan fingerprint density at radius 2 is 2.04 bits per heavy atom. The Morgan fingerprint density at radius 1 is 1.35 bits per heavy atom. The third-order valence-electron chi connectivity index (χ3n) is 4.57. The molecule has 8 heteroatoms. The number of hydrogen-bond donors (Lipinski definition) is 1. The molecule has 1 N–H and O–H groups in total. The molecule has 3 heterocycles. The van der Waals surface area contributed by atoms with E-state index in [0.717, 1.165) is 0 Å². The molecule has 0 spiro atoms. The lowest BCUT2D eigenvalue weighted by molar-refractivity contribution is -0.0720. The van der Waals surface area contributed by atoms with Gasteiger partial charge in [0.05, 0.1) is 12.1 Å². The van der Waals surface area contributed by atoms with Gasteiger partial charge in [-0.1, -0.05) is 5.16 Å². The van der Waals surface area contributed by atoms with Crippen LogP contribution in [-0.4, -0.2) is 70.2 Å². The zero-order valence-corrected chi connectivity index (χ0v) is 13.1. The number of halogens is 2. The molecule has 2 aliphatic heterocycles. The fraction of sp³-hybridized carbons (Fsp3) is 0.733. The maximum Gasteiger partial charge on any atom is 0.276 e. The number of likely N-dealkylation sites (tertiary alicyclic amines) is 2. The zero-order valence-electron chi connectivity index (χ0n) is 13.1. The number of amides is 1. The Kier molecular flexibility index (Phi) is 4.14. The highest BCUT2D eigenvalue weighted by Crippen LogP contribution is 2.30. The third-order valence-corrected chi connectivity index (χ3v) is 4.57. The highest BCUT2D eigenvalue weighted by atomic mass is 19.3. The molecule has 2 saturated heterocycles. The lowest BCUT2D eigenvalue weighted by Crippen LogP contribution is -2.49. The first-order chi connectivity index (χ1) is 10.8. The van der Waals surface area contributed by atoms with Crippen molar-refractivity contribution in [2.45, 2.75) is 37.7 Å². The number of alkyl halides is 2. The number of hydrogen-bond acceptors (Lipinski definition) is 5. The predicted octanol–water partition coefficient (Wildman–Crippen LogP) is 1.29. The van der Waals surface area contributed by atoms with Crippen molar-refractivity contribution in [1.29, 1.82) is 0 Å². The summed E-state index contributed by atoms with van der Waals surface area (Å²) in [7, 11) is 0. The summed E-state index contributed by atoms with van der Waals surface area (Å²) in [5, 5.41) is 14.4. The molecular formula is C15H21F2N3O3. The van der Waals surface area contributed by atoms with E-state index in [2.05, 4.69) is 5.16 Å². The van der Waals surface area contributed by atoms with Crippen LogP contribution < -0.4 is 0 Å². The van der Waals surface area contributed by atoms with Crippen molar-refractivity contribution in [3.8, 4) is 0 Å². The number of aryl methyl sites for hydroxylation is 1. The van der Waals surface area contributed by atoms with Crippen molar-refractivity contribution < 1.29 is 23.2 Å². The van der Waals surface area contributed by atoms with Crippen molar-refractivity contribution in [2.75, 3.05) is 32.7 Å². The van der Waals surface area contributed by atoms with Crippen LogP contribution in [-0.2, 0) is 0 Å².